The minimum absolute atomic E-state index is 0. The van der Waals surface area contributed by atoms with Crippen LogP contribution in [0, 0.1) is 0 Å². The maximum Gasteiger partial charge on any atom is 0.191 e. The molecule has 33 heavy (non-hydrogen) atoms. The molecule has 3 aromatic rings. The molecule has 1 fully saturated rings. The summed E-state index contributed by atoms with van der Waals surface area (Å²) in [5.41, 5.74) is 4.91. The van der Waals surface area contributed by atoms with Crippen molar-refractivity contribution in [3.8, 4) is 5.69 Å². The second kappa shape index (κ2) is 13.5. The van der Waals surface area contributed by atoms with Crippen LogP contribution in [0.3, 0.4) is 0 Å². The van der Waals surface area contributed by atoms with Gasteiger partial charge in [-0.1, -0.05) is 24.3 Å². The van der Waals surface area contributed by atoms with Crippen molar-refractivity contribution < 1.29 is 0 Å². The zero-order chi connectivity index (χ0) is 22.0. The fraction of sp³-hybridized carbons (Fsp3) is 0.360. The van der Waals surface area contributed by atoms with Crippen LogP contribution in [-0.2, 0) is 13.0 Å². The van der Waals surface area contributed by atoms with Gasteiger partial charge in [0.05, 0.1) is 12.2 Å². The van der Waals surface area contributed by atoms with E-state index in [4.69, 9.17) is 4.99 Å². The van der Waals surface area contributed by atoms with Gasteiger partial charge in [-0.3, -0.25) is 0 Å². The number of benzene rings is 2. The van der Waals surface area contributed by atoms with Crippen molar-refractivity contribution in [3.05, 3.63) is 78.1 Å². The number of guanidine groups is 1. The number of nitrogens with zero attached hydrogens (tertiary/aromatic N) is 4. The van der Waals surface area contributed by atoms with Gasteiger partial charge in [0, 0.05) is 55.8 Å². The number of hydrogen-bond acceptors (Lipinski definition) is 4. The molecular weight excluding hydrogens is 543 g/mol. The lowest BCUT2D eigenvalue weighted by molar-refractivity contribution is 0.798. The molecule has 0 unspecified atom stereocenters. The molecule has 0 bridgehead atoms. The first-order valence-electron chi connectivity index (χ1n) is 11.3. The summed E-state index contributed by atoms with van der Waals surface area (Å²) < 4.78 is 1.87. The molecule has 1 aliphatic rings. The maximum atomic E-state index is 4.77. The zero-order valence-corrected chi connectivity index (χ0v) is 22.3. The Labute approximate surface area is 218 Å². The van der Waals surface area contributed by atoms with Gasteiger partial charge in [0.1, 0.15) is 0 Å². The number of hydrogen-bond donors (Lipinski definition) is 2. The van der Waals surface area contributed by atoms with E-state index in [1.807, 2.05) is 28.7 Å². The van der Waals surface area contributed by atoms with E-state index in [1.54, 1.807) is 6.20 Å². The SMILES string of the molecule is CCNC(=NCc1ccc(N2CCSCC2)cc1)NCCc1ccc(-n2cccn2)cc1.I. The highest BCUT2D eigenvalue weighted by Gasteiger charge is 2.10. The van der Waals surface area contributed by atoms with E-state index >= 15 is 0 Å². The van der Waals surface area contributed by atoms with Gasteiger partial charge in [0.2, 0.25) is 0 Å². The molecule has 176 valence electrons. The molecule has 0 spiro atoms. The van der Waals surface area contributed by atoms with Gasteiger partial charge in [-0.05, 0) is 54.8 Å². The lowest BCUT2D eigenvalue weighted by Crippen LogP contribution is -2.38. The van der Waals surface area contributed by atoms with Crippen molar-refractivity contribution in [1.82, 2.24) is 20.4 Å². The lowest BCUT2D eigenvalue weighted by atomic mass is 10.1. The van der Waals surface area contributed by atoms with E-state index < -0.39 is 0 Å². The largest absolute Gasteiger partial charge is 0.370 e. The Kier molecular flexibility index (Phi) is 10.4. The number of aromatic nitrogens is 2. The molecule has 4 rings (SSSR count). The average Bonchev–Trinajstić information content (AvgIpc) is 3.39. The van der Waals surface area contributed by atoms with Gasteiger partial charge < -0.3 is 15.5 Å². The third-order valence-corrected chi connectivity index (χ3v) is 6.43. The van der Waals surface area contributed by atoms with Crippen LogP contribution in [0.1, 0.15) is 18.1 Å². The van der Waals surface area contributed by atoms with Crippen molar-refractivity contribution >= 4 is 47.4 Å². The normalized spacial score (nSPS) is 14.0. The minimum Gasteiger partial charge on any atom is -0.370 e. The molecule has 6 nitrogen and oxygen atoms in total. The highest BCUT2D eigenvalue weighted by Crippen LogP contribution is 2.20. The van der Waals surface area contributed by atoms with E-state index in [0.29, 0.717) is 6.54 Å². The first-order valence-corrected chi connectivity index (χ1v) is 12.5. The van der Waals surface area contributed by atoms with E-state index in [0.717, 1.165) is 44.2 Å². The van der Waals surface area contributed by atoms with Crippen molar-refractivity contribution in [2.75, 3.05) is 42.6 Å². The molecular formula is C25H33IN6S. The van der Waals surface area contributed by atoms with Crippen molar-refractivity contribution in [2.45, 2.75) is 19.9 Å². The van der Waals surface area contributed by atoms with Crippen LogP contribution in [0.2, 0.25) is 0 Å². The predicted octanol–water partition coefficient (Wildman–Crippen LogP) is 4.34. The molecule has 0 aliphatic carbocycles. The quantitative estimate of drug-likeness (QED) is 0.238. The third kappa shape index (κ3) is 7.67. The number of thioether (sulfide) groups is 1. The number of aliphatic imine (C=N–C) groups is 1. The highest BCUT2D eigenvalue weighted by atomic mass is 127. The van der Waals surface area contributed by atoms with Crippen molar-refractivity contribution in [1.29, 1.82) is 0 Å². The lowest BCUT2D eigenvalue weighted by Gasteiger charge is -2.28. The second-order valence-corrected chi connectivity index (χ2v) is 8.98. The Bertz CT molecular complexity index is 967. The maximum absolute atomic E-state index is 4.77. The van der Waals surface area contributed by atoms with Crippen LogP contribution in [0.15, 0.2) is 72.0 Å². The van der Waals surface area contributed by atoms with Crippen molar-refractivity contribution in [2.24, 2.45) is 4.99 Å². The standard InChI is InChI=1S/C25H32N6S.HI/c1-2-26-25(27-14-12-21-4-10-24(11-5-21)31-15-3-13-29-31)28-20-22-6-8-23(9-7-22)30-16-18-32-19-17-30;/h3-11,13,15H,2,12,14,16-20H2,1H3,(H2,26,27,28);1H. The van der Waals surface area contributed by atoms with Crippen LogP contribution in [-0.4, -0.2) is 53.4 Å². The molecule has 0 amide bonds. The van der Waals surface area contributed by atoms with Gasteiger partial charge in [-0.15, -0.1) is 24.0 Å². The van der Waals surface area contributed by atoms with Gasteiger partial charge in [0.25, 0.3) is 0 Å². The summed E-state index contributed by atoms with van der Waals surface area (Å²) in [7, 11) is 0. The smallest absolute Gasteiger partial charge is 0.191 e. The fourth-order valence-corrected chi connectivity index (χ4v) is 4.61. The van der Waals surface area contributed by atoms with E-state index in [2.05, 4.69) is 76.1 Å². The highest BCUT2D eigenvalue weighted by molar-refractivity contribution is 14.0. The Morgan fingerprint density at radius 1 is 0.970 bits per heavy atom. The summed E-state index contributed by atoms with van der Waals surface area (Å²) in [6, 6.07) is 19.3. The molecule has 2 N–H and O–H groups in total. The summed E-state index contributed by atoms with van der Waals surface area (Å²) in [6.45, 7) is 6.72. The number of nitrogens with one attached hydrogen (secondary N) is 2. The summed E-state index contributed by atoms with van der Waals surface area (Å²) in [4.78, 5) is 7.24. The molecule has 0 atom stereocenters. The summed E-state index contributed by atoms with van der Waals surface area (Å²) in [6.07, 6.45) is 4.68. The van der Waals surface area contributed by atoms with E-state index in [9.17, 15) is 0 Å². The fourth-order valence-electron chi connectivity index (χ4n) is 3.71. The number of rotatable bonds is 8. The van der Waals surface area contributed by atoms with Crippen LogP contribution in [0.4, 0.5) is 5.69 Å². The van der Waals surface area contributed by atoms with Gasteiger partial charge in [0.15, 0.2) is 5.96 Å². The van der Waals surface area contributed by atoms with Gasteiger partial charge in [-0.2, -0.15) is 16.9 Å². The Balaban J connectivity index is 0.00000306. The Morgan fingerprint density at radius 2 is 1.67 bits per heavy atom. The second-order valence-electron chi connectivity index (χ2n) is 7.75. The number of anilines is 1. The molecule has 2 aromatic carbocycles. The first kappa shape index (κ1) is 25.4. The predicted molar refractivity (Wildman–Crippen MR) is 151 cm³/mol. The van der Waals surface area contributed by atoms with Crippen LogP contribution in [0.25, 0.3) is 5.69 Å². The summed E-state index contributed by atoms with van der Waals surface area (Å²) in [5.74, 6) is 3.30. The molecule has 2 heterocycles. The Morgan fingerprint density at radius 3 is 2.33 bits per heavy atom. The summed E-state index contributed by atoms with van der Waals surface area (Å²) >= 11 is 2.04. The Hall–Kier alpha value is -2.20. The molecule has 0 radical (unpaired) electrons. The zero-order valence-electron chi connectivity index (χ0n) is 19.1. The molecule has 8 heteroatoms. The minimum atomic E-state index is 0. The monoisotopic (exact) mass is 576 g/mol. The van der Waals surface area contributed by atoms with Crippen molar-refractivity contribution in [3.63, 3.8) is 0 Å². The first-order chi connectivity index (χ1) is 15.8. The van der Waals surface area contributed by atoms with Crippen LogP contribution < -0.4 is 15.5 Å². The van der Waals surface area contributed by atoms with E-state index in [-0.39, 0.29) is 24.0 Å². The van der Waals surface area contributed by atoms with Crippen LogP contribution >= 0.6 is 35.7 Å². The topological polar surface area (TPSA) is 57.5 Å². The molecule has 0 saturated carbocycles. The van der Waals surface area contributed by atoms with Crippen LogP contribution in [0.5, 0.6) is 0 Å². The molecule has 1 aromatic heterocycles. The number of halogens is 1. The van der Waals surface area contributed by atoms with E-state index in [1.165, 1.54) is 28.3 Å². The van der Waals surface area contributed by atoms with Gasteiger partial charge in [-0.25, -0.2) is 9.67 Å². The average molecular weight is 577 g/mol. The van der Waals surface area contributed by atoms with Gasteiger partial charge >= 0.3 is 0 Å². The molecule has 1 saturated heterocycles. The third-order valence-electron chi connectivity index (χ3n) is 5.49. The molecule has 1 aliphatic heterocycles. The summed E-state index contributed by atoms with van der Waals surface area (Å²) in [5, 5.41) is 11.1.